The van der Waals surface area contributed by atoms with Crippen molar-refractivity contribution >= 4 is 11.9 Å². The average molecular weight is 203 g/mol. The lowest BCUT2D eigenvalue weighted by molar-refractivity contribution is -0.140. The van der Waals surface area contributed by atoms with Gasteiger partial charge >= 0.3 is 11.9 Å². The predicted octanol–water partition coefficient (Wildman–Crippen LogP) is -0.707. The zero-order valence-electron chi connectivity index (χ0n) is 7.60. The van der Waals surface area contributed by atoms with Crippen LogP contribution in [0.15, 0.2) is 0 Å². The van der Waals surface area contributed by atoms with Crippen molar-refractivity contribution in [3.63, 3.8) is 0 Å². The van der Waals surface area contributed by atoms with Crippen LogP contribution in [-0.4, -0.2) is 47.4 Å². The van der Waals surface area contributed by atoms with Crippen LogP contribution in [0.25, 0.3) is 0 Å². The van der Waals surface area contributed by atoms with Crippen LogP contribution in [0.1, 0.15) is 12.8 Å². The van der Waals surface area contributed by atoms with Gasteiger partial charge in [0.25, 0.3) is 0 Å². The van der Waals surface area contributed by atoms with Crippen LogP contribution in [0.4, 0.5) is 0 Å². The molecule has 1 aliphatic rings. The van der Waals surface area contributed by atoms with Gasteiger partial charge in [0.1, 0.15) is 6.04 Å². The van der Waals surface area contributed by atoms with Crippen LogP contribution in [0.5, 0.6) is 0 Å². The van der Waals surface area contributed by atoms with Gasteiger partial charge in [-0.3, -0.25) is 9.59 Å². The van der Waals surface area contributed by atoms with Crippen LogP contribution in [0.3, 0.4) is 0 Å². The molecule has 0 spiro atoms. The second-order valence-corrected chi connectivity index (χ2v) is 3.17. The lowest BCUT2D eigenvalue weighted by Gasteiger charge is -2.08. The maximum atomic E-state index is 10.5. The number of carboxylic acids is 2. The van der Waals surface area contributed by atoms with Crippen molar-refractivity contribution < 1.29 is 24.5 Å². The van der Waals surface area contributed by atoms with Crippen LogP contribution in [0, 0.1) is 0 Å². The largest absolute Gasteiger partial charge is 0.481 e. The molecule has 0 amide bonds. The summed E-state index contributed by atoms with van der Waals surface area (Å²) in [6, 6.07) is -0.565. The SMILES string of the molecule is O=C(O)CCOC1CN[C@H](C(=O)O)C1. The van der Waals surface area contributed by atoms with Crippen molar-refractivity contribution in [1.82, 2.24) is 5.32 Å². The first-order valence-electron chi connectivity index (χ1n) is 4.39. The van der Waals surface area contributed by atoms with E-state index >= 15 is 0 Å². The van der Waals surface area contributed by atoms with Gasteiger partial charge in [0.15, 0.2) is 0 Å². The highest BCUT2D eigenvalue weighted by Crippen LogP contribution is 2.10. The van der Waals surface area contributed by atoms with Crippen molar-refractivity contribution in [2.45, 2.75) is 25.0 Å². The lowest BCUT2D eigenvalue weighted by Crippen LogP contribution is -2.29. The Kier molecular flexibility index (Phi) is 3.84. The summed E-state index contributed by atoms with van der Waals surface area (Å²) in [6.07, 6.45) is 0.166. The van der Waals surface area contributed by atoms with Crippen molar-refractivity contribution in [1.29, 1.82) is 0 Å². The number of rotatable bonds is 5. The maximum absolute atomic E-state index is 10.5. The second kappa shape index (κ2) is 4.92. The van der Waals surface area contributed by atoms with Gasteiger partial charge in [-0.15, -0.1) is 0 Å². The Balaban J connectivity index is 2.16. The normalized spacial score (nSPS) is 26.3. The minimum atomic E-state index is -0.911. The van der Waals surface area contributed by atoms with E-state index < -0.39 is 18.0 Å². The summed E-state index contributed by atoms with van der Waals surface area (Å²) >= 11 is 0. The number of nitrogens with one attached hydrogen (secondary N) is 1. The molecule has 1 saturated heterocycles. The summed E-state index contributed by atoms with van der Waals surface area (Å²) in [5, 5.41) is 19.7. The fourth-order valence-electron chi connectivity index (χ4n) is 1.33. The van der Waals surface area contributed by atoms with Crippen LogP contribution >= 0.6 is 0 Å². The van der Waals surface area contributed by atoms with Crippen molar-refractivity contribution in [2.24, 2.45) is 0 Å². The summed E-state index contributed by atoms with van der Waals surface area (Å²) in [6.45, 7) is 0.602. The minimum Gasteiger partial charge on any atom is -0.481 e. The molecule has 1 aliphatic heterocycles. The van der Waals surface area contributed by atoms with Gasteiger partial charge in [0, 0.05) is 13.0 Å². The first-order chi connectivity index (χ1) is 6.59. The minimum absolute atomic E-state index is 0.0474. The molecular weight excluding hydrogens is 190 g/mol. The monoisotopic (exact) mass is 203 g/mol. The van der Waals surface area contributed by atoms with E-state index in [4.69, 9.17) is 14.9 Å². The summed E-state index contributed by atoms with van der Waals surface area (Å²) in [7, 11) is 0. The zero-order valence-corrected chi connectivity index (χ0v) is 7.60. The average Bonchev–Trinajstić information content (AvgIpc) is 2.52. The fourth-order valence-corrected chi connectivity index (χ4v) is 1.33. The van der Waals surface area contributed by atoms with E-state index in [9.17, 15) is 9.59 Å². The van der Waals surface area contributed by atoms with Crippen LogP contribution in [0.2, 0.25) is 0 Å². The van der Waals surface area contributed by atoms with Gasteiger partial charge in [-0.05, 0) is 0 Å². The number of carbonyl (C=O) groups is 2. The molecule has 0 aromatic heterocycles. The van der Waals surface area contributed by atoms with Crippen molar-refractivity contribution in [2.75, 3.05) is 13.2 Å². The molecule has 0 bridgehead atoms. The third-order valence-electron chi connectivity index (χ3n) is 2.06. The highest BCUT2D eigenvalue weighted by atomic mass is 16.5. The molecule has 6 nitrogen and oxygen atoms in total. The third-order valence-corrected chi connectivity index (χ3v) is 2.06. The van der Waals surface area contributed by atoms with E-state index in [1.807, 2.05) is 0 Å². The Morgan fingerprint density at radius 2 is 2.14 bits per heavy atom. The molecule has 0 aromatic rings. The Morgan fingerprint density at radius 1 is 1.43 bits per heavy atom. The number of hydrogen-bond donors (Lipinski definition) is 3. The number of hydrogen-bond acceptors (Lipinski definition) is 4. The molecule has 0 aliphatic carbocycles. The molecule has 2 atom stereocenters. The molecular formula is C8H13NO5. The molecule has 3 N–H and O–H groups in total. The lowest BCUT2D eigenvalue weighted by atomic mass is 10.2. The number of ether oxygens (including phenoxy) is 1. The maximum Gasteiger partial charge on any atom is 0.320 e. The fraction of sp³-hybridized carbons (Fsp3) is 0.750. The van der Waals surface area contributed by atoms with E-state index in [1.54, 1.807) is 0 Å². The Bertz CT molecular complexity index is 230. The molecule has 6 heteroatoms. The van der Waals surface area contributed by atoms with Crippen molar-refractivity contribution in [3.05, 3.63) is 0 Å². The topological polar surface area (TPSA) is 95.9 Å². The van der Waals surface area contributed by atoms with E-state index in [1.165, 1.54) is 0 Å². The smallest absolute Gasteiger partial charge is 0.320 e. The first-order valence-corrected chi connectivity index (χ1v) is 4.39. The quantitative estimate of drug-likeness (QED) is 0.546. The Labute approximate surface area is 80.9 Å². The molecule has 0 saturated carbocycles. The first kappa shape index (κ1) is 10.9. The second-order valence-electron chi connectivity index (χ2n) is 3.17. The zero-order chi connectivity index (χ0) is 10.6. The molecule has 1 unspecified atom stereocenters. The van der Waals surface area contributed by atoms with E-state index in [0.717, 1.165) is 0 Å². The standard InChI is InChI=1S/C8H13NO5/c10-7(11)1-2-14-5-3-6(8(12)13)9-4-5/h5-6,9H,1-4H2,(H,10,11)(H,12,13)/t5?,6-/m0/s1. The summed E-state index contributed by atoms with van der Waals surface area (Å²) in [4.78, 5) is 20.7. The molecule has 1 fully saturated rings. The highest BCUT2D eigenvalue weighted by Gasteiger charge is 2.29. The summed E-state index contributed by atoms with van der Waals surface area (Å²) in [5.74, 6) is -1.81. The predicted molar refractivity (Wildman–Crippen MR) is 46.0 cm³/mol. The number of aliphatic carboxylic acids is 2. The van der Waals surface area contributed by atoms with Gasteiger partial charge in [-0.1, -0.05) is 0 Å². The van der Waals surface area contributed by atoms with Gasteiger partial charge in [-0.2, -0.15) is 0 Å². The molecule has 14 heavy (non-hydrogen) atoms. The Hall–Kier alpha value is -1.14. The highest BCUT2D eigenvalue weighted by molar-refractivity contribution is 5.73. The molecule has 80 valence electrons. The summed E-state index contributed by atoms with van der Waals surface area (Å²) in [5.41, 5.74) is 0. The number of carboxylic acid groups (broad SMARTS) is 2. The molecule has 0 radical (unpaired) electrons. The molecule has 1 rings (SSSR count). The van der Waals surface area contributed by atoms with E-state index in [0.29, 0.717) is 13.0 Å². The van der Waals surface area contributed by atoms with Gasteiger partial charge in [0.2, 0.25) is 0 Å². The Morgan fingerprint density at radius 3 is 2.64 bits per heavy atom. The van der Waals surface area contributed by atoms with Crippen molar-refractivity contribution in [3.8, 4) is 0 Å². The third kappa shape index (κ3) is 3.31. The van der Waals surface area contributed by atoms with Gasteiger partial charge in [0.05, 0.1) is 19.1 Å². The van der Waals surface area contributed by atoms with Gasteiger partial charge in [-0.25, -0.2) is 0 Å². The molecule has 1 heterocycles. The van der Waals surface area contributed by atoms with Crippen LogP contribution < -0.4 is 5.32 Å². The van der Waals surface area contributed by atoms with Crippen LogP contribution in [-0.2, 0) is 14.3 Å². The van der Waals surface area contributed by atoms with Gasteiger partial charge < -0.3 is 20.3 Å². The van der Waals surface area contributed by atoms with E-state index in [-0.39, 0.29) is 19.1 Å². The summed E-state index contributed by atoms with van der Waals surface area (Å²) < 4.78 is 5.19. The van der Waals surface area contributed by atoms with E-state index in [2.05, 4.69) is 5.32 Å². The molecule has 0 aromatic carbocycles.